The van der Waals surface area contributed by atoms with Crippen LogP contribution >= 0.6 is 0 Å². The Labute approximate surface area is 91.4 Å². The molecule has 1 heterocycles. The molecule has 1 aliphatic heterocycles. The van der Waals surface area contributed by atoms with Gasteiger partial charge in [0, 0.05) is 40.3 Å². The summed E-state index contributed by atoms with van der Waals surface area (Å²) in [4.78, 5) is 0. The average Bonchev–Trinajstić information content (AvgIpc) is 2.18. The van der Waals surface area contributed by atoms with E-state index < -0.39 is 10.2 Å². The van der Waals surface area contributed by atoms with Gasteiger partial charge in [0.05, 0.1) is 13.2 Å². The predicted molar refractivity (Wildman–Crippen MR) is 57.8 cm³/mol. The Hall–Kier alpha value is -0.210. The summed E-state index contributed by atoms with van der Waals surface area (Å²) in [7, 11) is 1.32. The monoisotopic (exact) mass is 237 g/mol. The van der Waals surface area contributed by atoms with Gasteiger partial charge in [-0.15, -0.1) is 0 Å². The molecular formula is C8H19N3O3S. The molecule has 1 unspecified atom stereocenters. The van der Waals surface area contributed by atoms with Crippen LogP contribution in [0.25, 0.3) is 0 Å². The summed E-state index contributed by atoms with van der Waals surface area (Å²) >= 11 is 0. The number of hydrogen-bond donors (Lipinski definition) is 1. The van der Waals surface area contributed by atoms with Crippen molar-refractivity contribution < 1.29 is 13.2 Å². The van der Waals surface area contributed by atoms with E-state index in [1.165, 1.54) is 22.7 Å². The molecular weight excluding hydrogens is 218 g/mol. The first kappa shape index (κ1) is 12.9. The van der Waals surface area contributed by atoms with Crippen molar-refractivity contribution in [3.8, 4) is 0 Å². The lowest BCUT2D eigenvalue weighted by Gasteiger charge is -2.29. The van der Waals surface area contributed by atoms with E-state index in [9.17, 15) is 8.42 Å². The van der Waals surface area contributed by atoms with Gasteiger partial charge in [0.15, 0.2) is 0 Å². The van der Waals surface area contributed by atoms with Crippen molar-refractivity contribution in [3.63, 3.8) is 0 Å². The third-order valence-corrected chi connectivity index (χ3v) is 4.19. The second kappa shape index (κ2) is 5.22. The number of rotatable bonds is 4. The summed E-state index contributed by atoms with van der Waals surface area (Å²) in [6.45, 7) is 2.47. The molecule has 0 amide bonds. The zero-order valence-corrected chi connectivity index (χ0v) is 10.2. The summed E-state index contributed by atoms with van der Waals surface area (Å²) in [6, 6.07) is 0.0819. The summed E-state index contributed by atoms with van der Waals surface area (Å²) < 4.78 is 31.2. The summed E-state index contributed by atoms with van der Waals surface area (Å²) in [6.07, 6.45) is 0. The maximum absolute atomic E-state index is 11.7. The molecule has 1 N–H and O–H groups in total. The Morgan fingerprint density at radius 3 is 2.53 bits per heavy atom. The second-order valence-corrected chi connectivity index (χ2v) is 6.05. The molecule has 0 aromatic rings. The van der Waals surface area contributed by atoms with Crippen molar-refractivity contribution in [2.45, 2.75) is 6.04 Å². The standard InChI is InChI=1S/C8H19N3O3S/c1-10(2)15(12,13)11(3)6-8-7-14-5-4-9-8/h8-9H,4-7H2,1-3H3. The Morgan fingerprint density at radius 2 is 2.07 bits per heavy atom. The van der Waals surface area contributed by atoms with E-state index in [-0.39, 0.29) is 6.04 Å². The van der Waals surface area contributed by atoms with Crippen molar-refractivity contribution in [3.05, 3.63) is 0 Å². The summed E-state index contributed by atoms with van der Waals surface area (Å²) in [5, 5.41) is 3.21. The highest BCUT2D eigenvalue weighted by Crippen LogP contribution is 2.03. The van der Waals surface area contributed by atoms with E-state index in [1.807, 2.05) is 0 Å². The van der Waals surface area contributed by atoms with Gasteiger partial charge in [0.1, 0.15) is 0 Å². The SMILES string of the molecule is CN(C)S(=O)(=O)N(C)CC1COCCN1. The maximum Gasteiger partial charge on any atom is 0.281 e. The van der Waals surface area contributed by atoms with Gasteiger partial charge in [-0.3, -0.25) is 0 Å². The van der Waals surface area contributed by atoms with Crippen LogP contribution in [-0.2, 0) is 14.9 Å². The lowest BCUT2D eigenvalue weighted by atomic mass is 10.3. The number of morpholine rings is 1. The van der Waals surface area contributed by atoms with Crippen LogP contribution in [0.1, 0.15) is 0 Å². The van der Waals surface area contributed by atoms with Gasteiger partial charge in [-0.05, 0) is 0 Å². The minimum absolute atomic E-state index is 0.0819. The molecule has 1 rings (SSSR count). The first-order chi connectivity index (χ1) is 6.94. The molecule has 1 saturated heterocycles. The average molecular weight is 237 g/mol. The van der Waals surface area contributed by atoms with Gasteiger partial charge in [0.2, 0.25) is 0 Å². The van der Waals surface area contributed by atoms with Gasteiger partial charge in [-0.2, -0.15) is 17.0 Å². The van der Waals surface area contributed by atoms with Crippen molar-refractivity contribution in [1.82, 2.24) is 13.9 Å². The maximum atomic E-state index is 11.7. The lowest BCUT2D eigenvalue weighted by Crippen LogP contribution is -2.50. The largest absolute Gasteiger partial charge is 0.378 e. The molecule has 1 aliphatic rings. The Morgan fingerprint density at radius 1 is 1.40 bits per heavy atom. The minimum atomic E-state index is -3.31. The van der Waals surface area contributed by atoms with Crippen molar-refractivity contribution in [2.75, 3.05) is 47.4 Å². The fourth-order valence-corrected chi connectivity index (χ4v) is 2.35. The number of nitrogens with one attached hydrogen (secondary N) is 1. The van der Waals surface area contributed by atoms with E-state index in [0.717, 1.165) is 6.54 Å². The summed E-state index contributed by atoms with van der Waals surface area (Å²) in [5.74, 6) is 0. The topological polar surface area (TPSA) is 61.9 Å². The van der Waals surface area contributed by atoms with Crippen LogP contribution in [0.4, 0.5) is 0 Å². The van der Waals surface area contributed by atoms with E-state index in [4.69, 9.17) is 4.74 Å². The zero-order valence-electron chi connectivity index (χ0n) is 9.43. The number of likely N-dealkylation sites (N-methyl/N-ethyl adjacent to an activating group) is 1. The van der Waals surface area contributed by atoms with Crippen molar-refractivity contribution >= 4 is 10.2 Å². The van der Waals surface area contributed by atoms with Crippen molar-refractivity contribution in [2.24, 2.45) is 0 Å². The normalized spacial score (nSPS) is 23.7. The van der Waals surface area contributed by atoms with Crippen LogP contribution in [0.2, 0.25) is 0 Å². The molecule has 0 aromatic carbocycles. The fourth-order valence-electron chi connectivity index (χ4n) is 1.42. The second-order valence-electron chi connectivity index (χ2n) is 3.80. The molecule has 15 heavy (non-hydrogen) atoms. The van der Waals surface area contributed by atoms with Crippen LogP contribution < -0.4 is 5.32 Å². The molecule has 0 saturated carbocycles. The van der Waals surface area contributed by atoms with E-state index in [0.29, 0.717) is 19.8 Å². The van der Waals surface area contributed by atoms with Gasteiger partial charge >= 0.3 is 0 Å². The van der Waals surface area contributed by atoms with E-state index >= 15 is 0 Å². The smallest absolute Gasteiger partial charge is 0.281 e. The van der Waals surface area contributed by atoms with Crippen LogP contribution in [0.5, 0.6) is 0 Å². The van der Waals surface area contributed by atoms with Crippen LogP contribution in [0.3, 0.4) is 0 Å². The van der Waals surface area contributed by atoms with Crippen LogP contribution in [0.15, 0.2) is 0 Å². The molecule has 6 nitrogen and oxygen atoms in total. The molecule has 90 valence electrons. The first-order valence-corrected chi connectivity index (χ1v) is 6.29. The van der Waals surface area contributed by atoms with Gasteiger partial charge in [-0.25, -0.2) is 0 Å². The Kier molecular flexibility index (Phi) is 4.47. The van der Waals surface area contributed by atoms with Gasteiger partial charge in [-0.1, -0.05) is 0 Å². The Balaban J connectivity index is 2.50. The molecule has 0 spiro atoms. The van der Waals surface area contributed by atoms with Crippen LogP contribution in [0, 0.1) is 0 Å². The molecule has 1 atom stereocenters. The van der Waals surface area contributed by atoms with Gasteiger partial charge in [0.25, 0.3) is 10.2 Å². The molecule has 0 bridgehead atoms. The highest BCUT2D eigenvalue weighted by atomic mass is 32.2. The zero-order chi connectivity index (χ0) is 11.5. The number of nitrogens with zero attached hydrogens (tertiary/aromatic N) is 2. The van der Waals surface area contributed by atoms with Crippen molar-refractivity contribution in [1.29, 1.82) is 0 Å². The lowest BCUT2D eigenvalue weighted by molar-refractivity contribution is 0.0718. The van der Waals surface area contributed by atoms with E-state index in [2.05, 4.69) is 5.32 Å². The summed E-state index contributed by atoms with van der Waals surface area (Å²) in [5.41, 5.74) is 0. The third-order valence-electron chi connectivity index (χ3n) is 2.33. The van der Waals surface area contributed by atoms with Gasteiger partial charge < -0.3 is 10.1 Å². The fraction of sp³-hybridized carbons (Fsp3) is 1.00. The highest BCUT2D eigenvalue weighted by Gasteiger charge is 2.24. The van der Waals surface area contributed by atoms with E-state index in [1.54, 1.807) is 7.05 Å². The molecule has 0 aliphatic carbocycles. The highest BCUT2D eigenvalue weighted by molar-refractivity contribution is 7.86. The quantitative estimate of drug-likeness (QED) is 0.661. The predicted octanol–water partition coefficient (Wildman–Crippen LogP) is -1.29. The molecule has 0 aromatic heterocycles. The third kappa shape index (κ3) is 3.39. The molecule has 7 heteroatoms. The number of hydrogen-bond acceptors (Lipinski definition) is 4. The minimum Gasteiger partial charge on any atom is -0.378 e. The Bertz CT molecular complexity index is 286. The number of ether oxygens (including phenoxy) is 1. The first-order valence-electron chi connectivity index (χ1n) is 4.89. The van der Waals surface area contributed by atoms with Crippen LogP contribution in [-0.4, -0.2) is 70.5 Å². The molecule has 1 fully saturated rings. The molecule has 0 radical (unpaired) electrons.